The molecular weight excluding hydrogens is 196 g/mol. The number of nitrogens with one attached hydrogen (secondary N) is 1. The predicted octanol–water partition coefficient (Wildman–Crippen LogP) is 2.74. The molecule has 1 rings (SSSR count). The van der Waals surface area contributed by atoms with E-state index in [1.54, 1.807) is 0 Å². The summed E-state index contributed by atoms with van der Waals surface area (Å²) in [4.78, 5) is 2.62. The van der Waals surface area contributed by atoms with Gasteiger partial charge in [-0.1, -0.05) is 20.8 Å². The summed E-state index contributed by atoms with van der Waals surface area (Å²) in [7, 11) is 0. The van der Waals surface area contributed by atoms with Crippen molar-refractivity contribution in [3.63, 3.8) is 0 Å². The topological polar surface area (TPSA) is 15.3 Å². The van der Waals surface area contributed by atoms with E-state index >= 15 is 0 Å². The molecule has 0 bridgehead atoms. The molecule has 2 heteroatoms. The van der Waals surface area contributed by atoms with Gasteiger partial charge in [-0.15, -0.1) is 0 Å². The average molecular weight is 226 g/mol. The van der Waals surface area contributed by atoms with Gasteiger partial charge in [0.05, 0.1) is 0 Å². The predicted molar refractivity (Wildman–Crippen MR) is 71.8 cm³/mol. The third-order valence-corrected chi connectivity index (χ3v) is 2.99. The second-order valence-electron chi connectivity index (χ2n) is 7.58. The zero-order valence-corrected chi connectivity index (χ0v) is 12.1. The fraction of sp³-hybridized carbons (Fsp3) is 1.00. The second-order valence-corrected chi connectivity index (χ2v) is 7.58. The monoisotopic (exact) mass is 226 g/mol. The lowest BCUT2D eigenvalue weighted by atomic mass is 9.96. The van der Waals surface area contributed by atoms with Crippen LogP contribution in [-0.2, 0) is 0 Å². The van der Waals surface area contributed by atoms with Crippen LogP contribution in [-0.4, -0.2) is 36.6 Å². The zero-order chi connectivity index (χ0) is 12.4. The molecule has 1 heterocycles. The molecule has 0 aromatic rings. The Labute approximate surface area is 102 Å². The van der Waals surface area contributed by atoms with Crippen LogP contribution >= 0.6 is 0 Å². The van der Waals surface area contributed by atoms with Crippen molar-refractivity contribution in [1.29, 1.82) is 0 Å². The van der Waals surface area contributed by atoms with Crippen LogP contribution in [0.5, 0.6) is 0 Å². The second kappa shape index (κ2) is 5.05. The molecule has 0 aromatic carbocycles. The summed E-state index contributed by atoms with van der Waals surface area (Å²) in [6, 6.07) is 0. The lowest BCUT2D eigenvalue weighted by Gasteiger charge is -2.27. The van der Waals surface area contributed by atoms with E-state index in [9.17, 15) is 0 Å². The maximum atomic E-state index is 3.62. The molecular formula is C14H30N2. The summed E-state index contributed by atoms with van der Waals surface area (Å²) < 4.78 is 0. The first-order chi connectivity index (χ1) is 7.16. The molecule has 0 spiro atoms. The molecule has 0 radical (unpaired) electrons. The molecule has 0 aliphatic carbocycles. The highest BCUT2D eigenvalue weighted by Crippen LogP contribution is 2.22. The highest BCUT2D eigenvalue weighted by atomic mass is 15.2. The van der Waals surface area contributed by atoms with Crippen LogP contribution < -0.4 is 5.32 Å². The third-order valence-electron chi connectivity index (χ3n) is 2.99. The summed E-state index contributed by atoms with van der Waals surface area (Å²) >= 11 is 0. The fourth-order valence-corrected chi connectivity index (χ4v) is 2.34. The minimum atomic E-state index is 0.261. The van der Waals surface area contributed by atoms with E-state index in [1.807, 2.05) is 0 Å². The Morgan fingerprint density at radius 3 is 2.25 bits per heavy atom. The molecule has 1 atom stereocenters. The molecule has 96 valence electrons. The lowest BCUT2D eigenvalue weighted by molar-refractivity contribution is 0.219. The van der Waals surface area contributed by atoms with Crippen molar-refractivity contribution >= 4 is 0 Å². The van der Waals surface area contributed by atoms with Gasteiger partial charge >= 0.3 is 0 Å². The van der Waals surface area contributed by atoms with Crippen molar-refractivity contribution in [2.24, 2.45) is 11.3 Å². The number of likely N-dealkylation sites (tertiary alicyclic amines) is 1. The van der Waals surface area contributed by atoms with Crippen molar-refractivity contribution in [2.45, 2.75) is 53.5 Å². The molecule has 1 N–H and O–H groups in total. The quantitative estimate of drug-likeness (QED) is 0.796. The summed E-state index contributed by atoms with van der Waals surface area (Å²) in [6.07, 6.45) is 1.36. The number of hydrogen-bond donors (Lipinski definition) is 1. The van der Waals surface area contributed by atoms with Gasteiger partial charge in [-0.25, -0.2) is 0 Å². The minimum Gasteiger partial charge on any atom is -0.312 e. The van der Waals surface area contributed by atoms with Crippen LogP contribution in [0.4, 0.5) is 0 Å². The number of hydrogen-bond acceptors (Lipinski definition) is 2. The maximum Gasteiger partial charge on any atom is 0.00966 e. The normalized spacial score (nSPS) is 24.0. The molecule has 0 amide bonds. The van der Waals surface area contributed by atoms with E-state index in [2.05, 4.69) is 51.8 Å². The maximum absolute atomic E-state index is 3.62. The number of nitrogens with zero attached hydrogens (tertiary/aromatic N) is 1. The van der Waals surface area contributed by atoms with Crippen LogP contribution in [0.2, 0.25) is 0 Å². The molecule has 16 heavy (non-hydrogen) atoms. The summed E-state index contributed by atoms with van der Waals surface area (Å²) in [5.41, 5.74) is 0.698. The van der Waals surface area contributed by atoms with Gasteiger partial charge in [0.15, 0.2) is 0 Å². The lowest BCUT2D eigenvalue weighted by Crippen LogP contribution is -2.40. The van der Waals surface area contributed by atoms with Crippen LogP contribution in [0.1, 0.15) is 48.0 Å². The minimum absolute atomic E-state index is 0.261. The first-order valence-electron chi connectivity index (χ1n) is 6.63. The summed E-state index contributed by atoms with van der Waals surface area (Å²) in [5.74, 6) is 0.849. The molecule has 0 aromatic heterocycles. The smallest absolute Gasteiger partial charge is 0.00966 e. The van der Waals surface area contributed by atoms with E-state index in [0.717, 1.165) is 5.92 Å². The van der Waals surface area contributed by atoms with Gasteiger partial charge in [0.1, 0.15) is 0 Å². The first-order valence-corrected chi connectivity index (χ1v) is 6.63. The largest absolute Gasteiger partial charge is 0.312 e. The van der Waals surface area contributed by atoms with Crippen LogP contribution in [0.25, 0.3) is 0 Å². The van der Waals surface area contributed by atoms with E-state index in [-0.39, 0.29) is 5.54 Å². The molecule has 2 nitrogen and oxygen atoms in total. The highest BCUT2D eigenvalue weighted by Gasteiger charge is 2.26. The molecule has 1 aliphatic rings. The highest BCUT2D eigenvalue weighted by molar-refractivity contribution is 4.82. The fourth-order valence-electron chi connectivity index (χ4n) is 2.34. The van der Waals surface area contributed by atoms with Crippen LogP contribution in [0.3, 0.4) is 0 Å². The van der Waals surface area contributed by atoms with Gasteiger partial charge in [0.2, 0.25) is 0 Å². The first kappa shape index (κ1) is 14.0. The van der Waals surface area contributed by atoms with E-state index in [4.69, 9.17) is 0 Å². The van der Waals surface area contributed by atoms with Crippen LogP contribution in [0, 0.1) is 11.3 Å². The zero-order valence-electron chi connectivity index (χ0n) is 12.1. The van der Waals surface area contributed by atoms with Crippen molar-refractivity contribution in [1.82, 2.24) is 10.2 Å². The van der Waals surface area contributed by atoms with Gasteiger partial charge in [-0.3, -0.25) is 0 Å². The molecule has 1 aliphatic heterocycles. The Balaban J connectivity index is 2.25. The van der Waals surface area contributed by atoms with Gasteiger partial charge in [-0.2, -0.15) is 0 Å². The van der Waals surface area contributed by atoms with E-state index < -0.39 is 0 Å². The van der Waals surface area contributed by atoms with E-state index in [0.29, 0.717) is 5.41 Å². The Morgan fingerprint density at radius 1 is 1.12 bits per heavy atom. The Hall–Kier alpha value is -0.0800. The van der Waals surface area contributed by atoms with Crippen molar-refractivity contribution in [3.05, 3.63) is 0 Å². The summed E-state index contributed by atoms with van der Waals surface area (Å²) in [6.45, 7) is 18.7. The average Bonchev–Trinajstić information content (AvgIpc) is 2.44. The van der Waals surface area contributed by atoms with Crippen molar-refractivity contribution in [2.75, 3.05) is 26.2 Å². The summed E-state index contributed by atoms with van der Waals surface area (Å²) in [5, 5.41) is 3.62. The Bertz CT molecular complexity index is 210. The molecule has 1 saturated heterocycles. The van der Waals surface area contributed by atoms with Gasteiger partial charge in [0, 0.05) is 18.6 Å². The Morgan fingerprint density at radius 2 is 1.75 bits per heavy atom. The molecule has 1 unspecified atom stereocenters. The van der Waals surface area contributed by atoms with Gasteiger partial charge < -0.3 is 10.2 Å². The van der Waals surface area contributed by atoms with Gasteiger partial charge in [0.25, 0.3) is 0 Å². The standard InChI is InChI=1S/C14H30N2/c1-13(2,3)11-16-8-7-12(10-16)9-15-14(4,5)6/h12,15H,7-11H2,1-6H3. The number of rotatable bonds is 3. The molecule has 1 fully saturated rings. The Kier molecular flexibility index (Phi) is 4.42. The molecule has 0 saturated carbocycles. The SMILES string of the molecule is CC(C)(C)CN1CCC(CNC(C)(C)C)C1. The van der Waals surface area contributed by atoms with Crippen molar-refractivity contribution < 1.29 is 0 Å². The van der Waals surface area contributed by atoms with E-state index in [1.165, 1.54) is 32.6 Å². The van der Waals surface area contributed by atoms with Gasteiger partial charge in [-0.05, 0) is 51.6 Å². The third kappa shape index (κ3) is 5.86. The van der Waals surface area contributed by atoms with Crippen LogP contribution in [0.15, 0.2) is 0 Å². The van der Waals surface area contributed by atoms with Crippen molar-refractivity contribution in [3.8, 4) is 0 Å².